The molecule has 8 heteroatoms. The predicted molar refractivity (Wildman–Crippen MR) is 115 cm³/mol. The maximum absolute atomic E-state index is 12.7. The van der Waals surface area contributed by atoms with E-state index in [0.717, 1.165) is 47.3 Å². The van der Waals surface area contributed by atoms with Gasteiger partial charge in [-0.05, 0) is 61.8 Å². The van der Waals surface area contributed by atoms with Gasteiger partial charge in [0.15, 0.2) is 16.6 Å². The summed E-state index contributed by atoms with van der Waals surface area (Å²) in [5.74, 6) is 1.39. The number of nitrogens with zero attached hydrogens (tertiary/aromatic N) is 2. The quantitative estimate of drug-likeness (QED) is 0.650. The molecule has 2 aliphatic heterocycles. The lowest BCUT2D eigenvalue weighted by Crippen LogP contribution is -2.18. The van der Waals surface area contributed by atoms with Crippen LogP contribution in [0.1, 0.15) is 28.2 Å². The number of carbonyl (C=O) groups is 1. The number of thiazole rings is 1. The third-order valence-corrected chi connectivity index (χ3v) is 6.95. The monoisotopic (exact) mass is 427 g/mol. The van der Waals surface area contributed by atoms with Crippen LogP contribution in [0.3, 0.4) is 0 Å². The van der Waals surface area contributed by atoms with Gasteiger partial charge in [-0.2, -0.15) is 0 Å². The zero-order valence-electron chi connectivity index (χ0n) is 15.8. The molecule has 5 rings (SSSR count). The van der Waals surface area contributed by atoms with Crippen LogP contribution in [0.15, 0.2) is 35.7 Å². The van der Waals surface area contributed by atoms with Gasteiger partial charge in [-0.15, -0.1) is 22.7 Å². The summed E-state index contributed by atoms with van der Waals surface area (Å²) in [5, 5.41) is 5.62. The van der Waals surface area contributed by atoms with Gasteiger partial charge >= 0.3 is 0 Å². The first-order valence-corrected chi connectivity index (χ1v) is 11.4. The average Bonchev–Trinajstić information content (AvgIpc) is 3.50. The molecule has 3 aromatic rings. The number of rotatable bonds is 5. The van der Waals surface area contributed by atoms with Gasteiger partial charge in [0.25, 0.3) is 5.91 Å². The van der Waals surface area contributed by atoms with Crippen molar-refractivity contribution in [3.8, 4) is 21.9 Å². The molecule has 1 aromatic carbocycles. The third kappa shape index (κ3) is 4.14. The van der Waals surface area contributed by atoms with Crippen molar-refractivity contribution in [1.82, 2.24) is 9.88 Å². The minimum Gasteiger partial charge on any atom is -0.486 e. The van der Waals surface area contributed by atoms with Crippen LogP contribution in [0, 0.1) is 0 Å². The van der Waals surface area contributed by atoms with Crippen molar-refractivity contribution >= 4 is 33.7 Å². The lowest BCUT2D eigenvalue weighted by atomic mass is 10.1. The molecule has 150 valence electrons. The molecule has 2 aromatic heterocycles. The fourth-order valence-corrected chi connectivity index (χ4v) is 5.17. The number of amides is 1. The summed E-state index contributed by atoms with van der Waals surface area (Å²) < 4.78 is 11.2. The second kappa shape index (κ2) is 8.14. The average molecular weight is 428 g/mol. The van der Waals surface area contributed by atoms with Crippen LogP contribution in [0.2, 0.25) is 0 Å². The van der Waals surface area contributed by atoms with E-state index in [4.69, 9.17) is 9.47 Å². The van der Waals surface area contributed by atoms with Gasteiger partial charge in [0.05, 0.1) is 10.6 Å². The van der Waals surface area contributed by atoms with Gasteiger partial charge in [-0.25, -0.2) is 4.98 Å². The molecule has 0 radical (unpaired) electrons. The number of benzene rings is 1. The number of nitrogens with one attached hydrogen (secondary N) is 1. The van der Waals surface area contributed by atoms with E-state index in [1.165, 1.54) is 35.5 Å². The summed E-state index contributed by atoms with van der Waals surface area (Å²) in [5.41, 5.74) is 2.04. The zero-order valence-corrected chi connectivity index (χ0v) is 17.5. The number of hydrogen-bond donors (Lipinski definition) is 1. The van der Waals surface area contributed by atoms with Crippen molar-refractivity contribution in [2.75, 3.05) is 31.6 Å². The van der Waals surface area contributed by atoms with Crippen LogP contribution in [0.25, 0.3) is 10.4 Å². The lowest BCUT2D eigenvalue weighted by Gasteiger charge is -2.18. The summed E-state index contributed by atoms with van der Waals surface area (Å²) in [6.45, 7) is 4.27. The maximum atomic E-state index is 12.7. The molecule has 0 atom stereocenters. The molecule has 0 spiro atoms. The molecule has 1 fully saturated rings. The highest BCUT2D eigenvalue weighted by molar-refractivity contribution is 7.17. The summed E-state index contributed by atoms with van der Waals surface area (Å²) in [7, 11) is 0. The molecule has 2 aliphatic rings. The Morgan fingerprint density at radius 1 is 1.10 bits per heavy atom. The fraction of sp³-hybridized carbons (Fsp3) is 0.333. The molecule has 29 heavy (non-hydrogen) atoms. The van der Waals surface area contributed by atoms with E-state index in [1.807, 2.05) is 35.7 Å². The van der Waals surface area contributed by atoms with Crippen molar-refractivity contribution in [1.29, 1.82) is 0 Å². The first-order chi connectivity index (χ1) is 14.2. The van der Waals surface area contributed by atoms with Gasteiger partial charge in [-0.3, -0.25) is 15.0 Å². The minimum atomic E-state index is -0.124. The Labute approximate surface area is 177 Å². The van der Waals surface area contributed by atoms with E-state index in [0.29, 0.717) is 23.2 Å². The highest BCUT2D eigenvalue weighted by atomic mass is 32.1. The Morgan fingerprint density at radius 2 is 1.93 bits per heavy atom. The zero-order chi connectivity index (χ0) is 19.6. The normalized spacial score (nSPS) is 16.1. The fourth-order valence-electron chi connectivity index (χ4n) is 3.58. The van der Waals surface area contributed by atoms with E-state index < -0.39 is 0 Å². The molecule has 6 nitrogen and oxygen atoms in total. The molecule has 0 unspecified atom stereocenters. The van der Waals surface area contributed by atoms with Crippen LogP contribution in [0.4, 0.5) is 5.13 Å². The van der Waals surface area contributed by atoms with E-state index in [2.05, 4.69) is 15.2 Å². The van der Waals surface area contributed by atoms with Crippen molar-refractivity contribution < 1.29 is 14.3 Å². The van der Waals surface area contributed by atoms with Crippen molar-refractivity contribution in [2.45, 2.75) is 19.4 Å². The number of thiophene rings is 1. The van der Waals surface area contributed by atoms with E-state index in [1.54, 1.807) is 0 Å². The number of ether oxygens (including phenoxy) is 2. The second-order valence-electron chi connectivity index (χ2n) is 7.10. The smallest absolute Gasteiger partial charge is 0.267 e. The standard InChI is InChI=1S/C21H21N3O3S2/c25-20(23-21-22-15(13-28-21)12-24-7-1-2-8-24)19-6-5-18(29-19)14-3-4-16-17(11-14)27-10-9-26-16/h3-6,11,13H,1-2,7-10,12H2,(H,22,23,25). The minimum absolute atomic E-state index is 0.124. The topological polar surface area (TPSA) is 63.7 Å². The molecular formula is C21H21N3O3S2. The summed E-state index contributed by atoms with van der Waals surface area (Å²) in [4.78, 5) is 21.3. The summed E-state index contributed by atoms with van der Waals surface area (Å²) >= 11 is 2.94. The van der Waals surface area contributed by atoms with Crippen LogP contribution >= 0.6 is 22.7 Å². The van der Waals surface area contributed by atoms with Gasteiger partial charge in [-0.1, -0.05) is 0 Å². The third-order valence-electron chi connectivity index (χ3n) is 5.01. The van der Waals surface area contributed by atoms with Crippen molar-refractivity contribution in [2.24, 2.45) is 0 Å². The van der Waals surface area contributed by atoms with E-state index in [-0.39, 0.29) is 5.91 Å². The van der Waals surface area contributed by atoms with Crippen LogP contribution in [-0.4, -0.2) is 42.1 Å². The lowest BCUT2D eigenvalue weighted by molar-refractivity contribution is 0.103. The summed E-state index contributed by atoms with van der Waals surface area (Å²) in [6.07, 6.45) is 2.52. The van der Waals surface area contributed by atoms with Crippen molar-refractivity contribution in [3.63, 3.8) is 0 Å². The predicted octanol–water partition coefficient (Wildman–Crippen LogP) is 4.49. The maximum Gasteiger partial charge on any atom is 0.267 e. The Morgan fingerprint density at radius 3 is 2.79 bits per heavy atom. The van der Waals surface area contributed by atoms with Crippen molar-refractivity contribution in [3.05, 3.63) is 46.3 Å². The highest BCUT2D eigenvalue weighted by Crippen LogP contribution is 2.37. The van der Waals surface area contributed by atoms with Gasteiger partial charge in [0.2, 0.25) is 0 Å². The Kier molecular flexibility index (Phi) is 5.22. The molecule has 0 aliphatic carbocycles. The largest absolute Gasteiger partial charge is 0.486 e. The Bertz CT molecular complexity index is 1020. The number of anilines is 1. The number of aromatic nitrogens is 1. The van der Waals surface area contributed by atoms with Crippen LogP contribution in [-0.2, 0) is 6.54 Å². The van der Waals surface area contributed by atoms with Crippen LogP contribution in [0.5, 0.6) is 11.5 Å². The Balaban J connectivity index is 1.25. The summed E-state index contributed by atoms with van der Waals surface area (Å²) in [6, 6.07) is 9.69. The van der Waals surface area contributed by atoms with Crippen LogP contribution < -0.4 is 14.8 Å². The molecule has 4 heterocycles. The second-order valence-corrected chi connectivity index (χ2v) is 9.05. The molecule has 0 saturated carbocycles. The first-order valence-electron chi connectivity index (χ1n) is 9.72. The molecule has 0 bridgehead atoms. The Hall–Kier alpha value is -2.42. The molecule has 1 amide bonds. The van der Waals surface area contributed by atoms with E-state index in [9.17, 15) is 4.79 Å². The first kappa shape index (κ1) is 18.6. The highest BCUT2D eigenvalue weighted by Gasteiger charge is 2.17. The van der Waals surface area contributed by atoms with E-state index >= 15 is 0 Å². The molecular weight excluding hydrogens is 406 g/mol. The van der Waals surface area contributed by atoms with Gasteiger partial charge < -0.3 is 9.47 Å². The molecule has 1 N–H and O–H groups in total. The van der Waals surface area contributed by atoms with Gasteiger partial charge in [0.1, 0.15) is 13.2 Å². The van der Waals surface area contributed by atoms with Gasteiger partial charge in [0, 0.05) is 16.8 Å². The molecule has 1 saturated heterocycles. The number of fused-ring (bicyclic) bond motifs is 1. The SMILES string of the molecule is O=C(Nc1nc(CN2CCCC2)cs1)c1ccc(-c2ccc3c(c2)OCCO3)s1. The number of carbonyl (C=O) groups excluding carboxylic acids is 1. The number of likely N-dealkylation sites (tertiary alicyclic amines) is 1. The number of hydrogen-bond acceptors (Lipinski definition) is 7.